The molecule has 1 aromatic heterocycles. The molecule has 2 aromatic carbocycles. The van der Waals surface area contributed by atoms with E-state index in [0.717, 1.165) is 28.9 Å². The molecule has 0 fully saturated rings. The molecular formula is C19H16FN3O5S. The molecule has 3 aromatic rings. The Bertz CT molecular complexity index is 1220. The van der Waals surface area contributed by atoms with Crippen LogP contribution in [0.1, 0.15) is 0 Å². The van der Waals surface area contributed by atoms with E-state index in [1.807, 2.05) is 0 Å². The summed E-state index contributed by atoms with van der Waals surface area (Å²) in [4.78, 5) is 24.0. The lowest BCUT2D eigenvalue weighted by Gasteiger charge is -2.11. The SMILES string of the molecule is COc1ccccc1NC(=O)Cn1nc(S(=O)(=O)c2cccc(F)c2)ccc1=O. The number of sulfone groups is 1. The van der Waals surface area contributed by atoms with Crippen LogP contribution in [-0.2, 0) is 21.2 Å². The molecule has 1 N–H and O–H groups in total. The minimum Gasteiger partial charge on any atom is -0.495 e. The van der Waals surface area contributed by atoms with E-state index in [1.165, 1.54) is 19.2 Å². The van der Waals surface area contributed by atoms with Crippen LogP contribution >= 0.6 is 0 Å². The fourth-order valence-corrected chi connectivity index (χ4v) is 3.74. The van der Waals surface area contributed by atoms with Gasteiger partial charge >= 0.3 is 0 Å². The van der Waals surface area contributed by atoms with Gasteiger partial charge in [-0.1, -0.05) is 18.2 Å². The first kappa shape index (κ1) is 20.2. The van der Waals surface area contributed by atoms with Crippen molar-refractivity contribution in [1.29, 1.82) is 0 Å². The summed E-state index contributed by atoms with van der Waals surface area (Å²) < 4.78 is 44.5. The number of benzene rings is 2. The number of ether oxygens (including phenoxy) is 1. The van der Waals surface area contributed by atoms with Crippen molar-refractivity contribution in [1.82, 2.24) is 9.78 Å². The summed E-state index contributed by atoms with van der Waals surface area (Å²) >= 11 is 0. The third-order valence-electron chi connectivity index (χ3n) is 3.90. The highest BCUT2D eigenvalue weighted by Crippen LogP contribution is 2.23. The summed E-state index contributed by atoms with van der Waals surface area (Å²) in [6.07, 6.45) is 0. The summed E-state index contributed by atoms with van der Waals surface area (Å²) in [6.45, 7) is -0.524. The van der Waals surface area contributed by atoms with Crippen LogP contribution < -0.4 is 15.6 Å². The maximum Gasteiger partial charge on any atom is 0.267 e. The lowest BCUT2D eigenvalue weighted by Crippen LogP contribution is -2.30. The van der Waals surface area contributed by atoms with E-state index in [0.29, 0.717) is 11.4 Å². The first-order valence-electron chi connectivity index (χ1n) is 8.33. The van der Waals surface area contributed by atoms with Crippen LogP contribution in [0.25, 0.3) is 0 Å². The van der Waals surface area contributed by atoms with Crippen LogP contribution in [0.4, 0.5) is 10.1 Å². The van der Waals surface area contributed by atoms with Crippen molar-refractivity contribution in [2.75, 3.05) is 12.4 Å². The van der Waals surface area contributed by atoms with Gasteiger partial charge in [0.1, 0.15) is 18.1 Å². The van der Waals surface area contributed by atoms with Gasteiger partial charge in [-0.25, -0.2) is 17.5 Å². The number of para-hydroxylation sites is 2. The topological polar surface area (TPSA) is 107 Å². The maximum absolute atomic E-state index is 13.4. The summed E-state index contributed by atoms with van der Waals surface area (Å²) in [5.41, 5.74) is -0.282. The monoisotopic (exact) mass is 417 g/mol. The lowest BCUT2D eigenvalue weighted by atomic mass is 10.3. The highest BCUT2D eigenvalue weighted by Gasteiger charge is 2.21. The number of nitrogens with zero attached hydrogens (tertiary/aromatic N) is 2. The molecule has 0 aliphatic carbocycles. The third kappa shape index (κ3) is 4.49. The molecule has 0 bridgehead atoms. The minimum atomic E-state index is -4.17. The number of hydrogen-bond acceptors (Lipinski definition) is 6. The normalized spacial score (nSPS) is 11.1. The number of halogens is 1. The van der Waals surface area contributed by atoms with Gasteiger partial charge in [0.25, 0.3) is 5.56 Å². The molecule has 29 heavy (non-hydrogen) atoms. The van der Waals surface area contributed by atoms with Crippen LogP contribution in [0.5, 0.6) is 5.75 Å². The first-order valence-corrected chi connectivity index (χ1v) is 9.81. The largest absolute Gasteiger partial charge is 0.495 e. The van der Waals surface area contributed by atoms with Gasteiger partial charge in [0.15, 0.2) is 5.03 Å². The van der Waals surface area contributed by atoms with Crippen molar-refractivity contribution < 1.29 is 22.3 Å². The van der Waals surface area contributed by atoms with Crippen LogP contribution in [-0.4, -0.2) is 31.2 Å². The van der Waals surface area contributed by atoms with Crippen LogP contribution in [0.3, 0.4) is 0 Å². The molecule has 150 valence electrons. The molecule has 8 nitrogen and oxygen atoms in total. The Morgan fingerprint density at radius 1 is 1.14 bits per heavy atom. The van der Waals surface area contributed by atoms with Crippen molar-refractivity contribution in [2.24, 2.45) is 0 Å². The molecule has 3 rings (SSSR count). The van der Waals surface area contributed by atoms with Gasteiger partial charge in [-0.15, -0.1) is 0 Å². The molecule has 0 aliphatic rings. The zero-order chi connectivity index (χ0) is 21.0. The van der Waals surface area contributed by atoms with Gasteiger partial charge in [-0.3, -0.25) is 9.59 Å². The molecule has 1 heterocycles. The molecule has 0 atom stereocenters. The first-order chi connectivity index (χ1) is 13.8. The van der Waals surface area contributed by atoms with E-state index in [4.69, 9.17) is 4.74 Å². The fraction of sp³-hybridized carbons (Fsp3) is 0.105. The van der Waals surface area contributed by atoms with Gasteiger partial charge in [0, 0.05) is 6.07 Å². The predicted molar refractivity (Wildman–Crippen MR) is 102 cm³/mol. The minimum absolute atomic E-state index is 0.311. The Hall–Kier alpha value is -3.53. The molecular weight excluding hydrogens is 401 g/mol. The Kier molecular flexibility index (Phi) is 5.74. The number of amides is 1. The van der Waals surface area contributed by atoms with Crippen LogP contribution in [0, 0.1) is 5.82 Å². The molecule has 0 saturated heterocycles. The zero-order valence-electron chi connectivity index (χ0n) is 15.2. The Balaban J connectivity index is 1.88. The number of aromatic nitrogens is 2. The van der Waals surface area contributed by atoms with Crippen molar-refractivity contribution in [3.8, 4) is 5.75 Å². The quantitative estimate of drug-likeness (QED) is 0.656. The van der Waals surface area contributed by atoms with E-state index >= 15 is 0 Å². The Morgan fingerprint density at radius 3 is 2.62 bits per heavy atom. The number of hydrogen-bond donors (Lipinski definition) is 1. The summed E-state index contributed by atoms with van der Waals surface area (Å²) in [5, 5.41) is 5.87. The molecule has 0 aliphatic heterocycles. The molecule has 0 unspecified atom stereocenters. The average Bonchev–Trinajstić information content (AvgIpc) is 2.70. The Morgan fingerprint density at radius 2 is 1.90 bits per heavy atom. The van der Waals surface area contributed by atoms with E-state index in [-0.39, 0.29) is 4.90 Å². The molecule has 0 spiro atoms. The van der Waals surface area contributed by atoms with Gasteiger partial charge in [0.05, 0.1) is 17.7 Å². The van der Waals surface area contributed by atoms with Crippen molar-refractivity contribution >= 4 is 21.4 Å². The number of nitrogens with one attached hydrogen (secondary N) is 1. The van der Waals surface area contributed by atoms with E-state index in [9.17, 15) is 22.4 Å². The van der Waals surface area contributed by atoms with Gasteiger partial charge < -0.3 is 10.1 Å². The van der Waals surface area contributed by atoms with Crippen molar-refractivity contribution in [3.63, 3.8) is 0 Å². The highest BCUT2D eigenvalue weighted by atomic mass is 32.2. The lowest BCUT2D eigenvalue weighted by molar-refractivity contribution is -0.117. The third-order valence-corrected chi connectivity index (χ3v) is 5.54. The van der Waals surface area contributed by atoms with Crippen molar-refractivity contribution in [3.05, 3.63) is 76.8 Å². The number of methoxy groups -OCH3 is 1. The highest BCUT2D eigenvalue weighted by molar-refractivity contribution is 7.91. The van der Waals surface area contributed by atoms with E-state index < -0.39 is 38.7 Å². The van der Waals surface area contributed by atoms with E-state index in [1.54, 1.807) is 24.3 Å². The second kappa shape index (κ2) is 8.23. The van der Waals surface area contributed by atoms with E-state index in [2.05, 4.69) is 10.4 Å². The van der Waals surface area contributed by atoms with Gasteiger partial charge in [0.2, 0.25) is 15.7 Å². The van der Waals surface area contributed by atoms with Crippen LogP contribution in [0.15, 0.2) is 75.4 Å². The average molecular weight is 417 g/mol. The number of carbonyl (C=O) groups excluding carboxylic acids is 1. The molecule has 10 heteroatoms. The molecule has 1 amide bonds. The summed E-state index contributed by atoms with van der Waals surface area (Å²) in [6, 6.07) is 13.1. The zero-order valence-corrected chi connectivity index (χ0v) is 16.0. The number of carbonyl (C=O) groups is 1. The predicted octanol–water partition coefficient (Wildman–Crippen LogP) is 1.86. The smallest absolute Gasteiger partial charge is 0.267 e. The maximum atomic E-state index is 13.4. The van der Waals surface area contributed by atoms with Gasteiger partial charge in [-0.05, 0) is 36.4 Å². The van der Waals surface area contributed by atoms with Gasteiger partial charge in [-0.2, -0.15) is 5.10 Å². The second-order valence-corrected chi connectivity index (χ2v) is 7.77. The van der Waals surface area contributed by atoms with Crippen LogP contribution in [0.2, 0.25) is 0 Å². The summed E-state index contributed by atoms with van der Waals surface area (Å²) in [5.74, 6) is -0.913. The number of rotatable bonds is 6. The molecule has 0 saturated carbocycles. The number of anilines is 1. The van der Waals surface area contributed by atoms with Crippen molar-refractivity contribution in [2.45, 2.75) is 16.5 Å². The molecule has 0 radical (unpaired) electrons. The second-order valence-electron chi connectivity index (χ2n) is 5.88. The fourth-order valence-electron chi connectivity index (χ4n) is 2.52. The summed E-state index contributed by atoms with van der Waals surface area (Å²) in [7, 11) is -2.73. The Labute approximate surface area is 165 Å². The standard InChI is InChI=1S/C19H16FN3O5S/c1-28-16-8-3-2-7-15(16)21-17(24)12-23-19(25)10-9-18(22-23)29(26,27)14-6-4-5-13(20)11-14/h2-11H,12H2,1H3,(H,21,24).